The first-order chi connectivity index (χ1) is 15.6. The number of esters is 4. The second-order valence-electron chi connectivity index (χ2n) is 6.81. The average Bonchev–Trinajstić information content (AvgIpc) is 2.75. The predicted octanol–water partition coefficient (Wildman–Crippen LogP) is 0.579. The molecule has 1 fully saturated rings. The van der Waals surface area contributed by atoms with Crippen LogP contribution < -0.4 is 9.47 Å². The Bertz CT molecular complexity index is 911. The molecule has 0 unspecified atom stereocenters. The highest BCUT2D eigenvalue weighted by Crippen LogP contribution is 2.32. The van der Waals surface area contributed by atoms with Gasteiger partial charge in [0.1, 0.15) is 11.5 Å². The summed E-state index contributed by atoms with van der Waals surface area (Å²) in [6, 6.07) is 4.19. The second-order valence-corrected chi connectivity index (χ2v) is 6.81. The molecule has 180 valence electrons. The Balaban J connectivity index is 2.52. The van der Waals surface area contributed by atoms with E-state index in [0.29, 0.717) is 6.29 Å². The molecule has 2 rings (SSSR count). The van der Waals surface area contributed by atoms with Crippen LogP contribution in [0.5, 0.6) is 11.5 Å². The van der Waals surface area contributed by atoms with Crippen LogP contribution in [0, 0.1) is 0 Å². The molecular weight excluding hydrogens is 444 g/mol. The Hall–Kier alpha value is -3.67. The minimum atomic E-state index is -1.59. The molecule has 0 amide bonds. The zero-order chi connectivity index (χ0) is 24.7. The lowest BCUT2D eigenvalue weighted by Crippen LogP contribution is -2.64. The van der Waals surface area contributed by atoms with Gasteiger partial charge in [0.05, 0.1) is 19.8 Å². The van der Waals surface area contributed by atoms with Gasteiger partial charge in [-0.2, -0.15) is 0 Å². The van der Waals surface area contributed by atoms with Crippen molar-refractivity contribution in [2.45, 2.75) is 51.5 Å². The summed E-state index contributed by atoms with van der Waals surface area (Å²) in [5.74, 6) is -3.08. The number of carbonyl (C=O) groups is 5. The third-order valence-corrected chi connectivity index (χ3v) is 4.42. The number of benzene rings is 1. The number of carbonyl (C=O) groups excluding carboxylic acids is 5. The summed E-state index contributed by atoms with van der Waals surface area (Å²) in [6.07, 6.45) is -6.95. The Kier molecular flexibility index (Phi) is 8.74. The molecule has 1 heterocycles. The van der Waals surface area contributed by atoms with Crippen LogP contribution in [0.2, 0.25) is 0 Å². The molecule has 0 spiro atoms. The molecule has 0 aromatic heterocycles. The van der Waals surface area contributed by atoms with Crippen LogP contribution in [0.1, 0.15) is 31.1 Å². The van der Waals surface area contributed by atoms with Gasteiger partial charge in [-0.3, -0.25) is 19.2 Å². The van der Waals surface area contributed by atoms with Crippen LogP contribution in [0.15, 0.2) is 18.2 Å². The van der Waals surface area contributed by atoms with Gasteiger partial charge >= 0.3 is 23.9 Å². The van der Waals surface area contributed by atoms with Crippen molar-refractivity contribution in [2.75, 3.05) is 14.2 Å². The molecule has 1 aromatic rings. The Morgan fingerprint density at radius 1 is 0.879 bits per heavy atom. The standard InChI is InChI=1S/C21H24O12/c1-10(23)29-16-17(30-11(2)24)19(31-12(3)25)21(33-18(16)20(26)28-5)32-14-7-6-13(9-22)15(8-14)27-4/h6-9,16-19,21H,1-5H3/t16-,17-,18-,19+,21+/m0/s1. The van der Waals surface area contributed by atoms with E-state index in [2.05, 4.69) is 0 Å². The summed E-state index contributed by atoms with van der Waals surface area (Å²) >= 11 is 0. The summed E-state index contributed by atoms with van der Waals surface area (Å²) in [7, 11) is 2.42. The molecule has 12 nitrogen and oxygen atoms in total. The normalized spacial score (nSPS) is 24.1. The van der Waals surface area contributed by atoms with Crippen molar-refractivity contribution in [1.82, 2.24) is 0 Å². The van der Waals surface area contributed by atoms with Crippen molar-refractivity contribution in [1.29, 1.82) is 0 Å². The Morgan fingerprint density at radius 3 is 1.97 bits per heavy atom. The number of hydrogen-bond donors (Lipinski definition) is 0. The number of ether oxygens (including phenoxy) is 7. The molecule has 33 heavy (non-hydrogen) atoms. The minimum Gasteiger partial charge on any atom is -0.496 e. The van der Waals surface area contributed by atoms with Gasteiger partial charge in [0.25, 0.3) is 0 Å². The van der Waals surface area contributed by atoms with E-state index in [1.165, 1.54) is 25.3 Å². The maximum atomic E-state index is 12.4. The molecule has 1 aromatic carbocycles. The van der Waals surface area contributed by atoms with Gasteiger partial charge in [-0.05, 0) is 12.1 Å². The third-order valence-electron chi connectivity index (χ3n) is 4.42. The zero-order valence-corrected chi connectivity index (χ0v) is 18.6. The maximum absolute atomic E-state index is 12.4. The fraction of sp³-hybridized carbons (Fsp3) is 0.476. The minimum absolute atomic E-state index is 0.107. The van der Waals surface area contributed by atoms with Crippen molar-refractivity contribution in [2.24, 2.45) is 0 Å². The topological polar surface area (TPSA) is 150 Å². The zero-order valence-electron chi connectivity index (χ0n) is 18.6. The highest BCUT2D eigenvalue weighted by atomic mass is 16.7. The number of rotatable bonds is 8. The SMILES string of the molecule is COC(=O)[C@H]1O[C@@H](Oc2ccc(C=O)c(OC)c2)[C@H](OC(C)=O)[C@@H](OC(C)=O)[C@@H]1OC(C)=O. The lowest BCUT2D eigenvalue weighted by Gasteiger charge is -2.43. The maximum Gasteiger partial charge on any atom is 0.339 e. The quantitative estimate of drug-likeness (QED) is 0.298. The van der Waals surface area contributed by atoms with Crippen molar-refractivity contribution >= 4 is 30.2 Å². The van der Waals surface area contributed by atoms with Crippen LogP contribution in [0.4, 0.5) is 0 Å². The predicted molar refractivity (Wildman–Crippen MR) is 106 cm³/mol. The van der Waals surface area contributed by atoms with Gasteiger partial charge in [-0.25, -0.2) is 4.79 Å². The van der Waals surface area contributed by atoms with Gasteiger partial charge in [0.15, 0.2) is 24.6 Å². The van der Waals surface area contributed by atoms with E-state index in [0.717, 1.165) is 27.9 Å². The molecule has 12 heteroatoms. The van der Waals surface area contributed by atoms with Crippen molar-refractivity contribution in [3.63, 3.8) is 0 Å². The number of aldehydes is 1. The molecule has 5 atom stereocenters. The largest absolute Gasteiger partial charge is 0.496 e. The molecule has 1 saturated heterocycles. The summed E-state index contributed by atoms with van der Waals surface area (Å²) < 4.78 is 37.0. The first kappa shape index (κ1) is 25.6. The smallest absolute Gasteiger partial charge is 0.339 e. The summed E-state index contributed by atoms with van der Waals surface area (Å²) in [5.41, 5.74) is 0.242. The molecule has 0 bridgehead atoms. The first-order valence-electron chi connectivity index (χ1n) is 9.66. The summed E-state index contributed by atoms with van der Waals surface area (Å²) in [4.78, 5) is 58.8. The van der Waals surface area contributed by atoms with Crippen LogP contribution in [0.25, 0.3) is 0 Å². The van der Waals surface area contributed by atoms with Gasteiger partial charge in [-0.15, -0.1) is 0 Å². The highest BCUT2D eigenvalue weighted by Gasteiger charge is 2.55. The van der Waals surface area contributed by atoms with Crippen LogP contribution in [-0.4, -0.2) is 75.1 Å². The summed E-state index contributed by atoms with van der Waals surface area (Å²) in [5, 5.41) is 0. The van der Waals surface area contributed by atoms with Crippen molar-refractivity contribution < 1.29 is 57.1 Å². The molecule has 0 aliphatic carbocycles. The van der Waals surface area contributed by atoms with Gasteiger partial charge in [0.2, 0.25) is 12.4 Å². The van der Waals surface area contributed by atoms with E-state index in [1.54, 1.807) is 0 Å². The molecule has 1 aliphatic rings. The first-order valence-corrected chi connectivity index (χ1v) is 9.66. The molecular formula is C21H24O12. The fourth-order valence-corrected chi connectivity index (χ4v) is 3.17. The van der Waals surface area contributed by atoms with Crippen LogP contribution in [0.3, 0.4) is 0 Å². The Labute approximate surface area is 189 Å². The second kappa shape index (κ2) is 11.3. The average molecular weight is 468 g/mol. The van der Waals surface area contributed by atoms with E-state index < -0.39 is 54.6 Å². The van der Waals surface area contributed by atoms with Crippen molar-refractivity contribution in [3.05, 3.63) is 23.8 Å². The molecule has 0 N–H and O–H groups in total. The van der Waals surface area contributed by atoms with E-state index in [-0.39, 0.29) is 17.1 Å². The van der Waals surface area contributed by atoms with Crippen molar-refractivity contribution in [3.8, 4) is 11.5 Å². The van der Waals surface area contributed by atoms with Gasteiger partial charge in [-0.1, -0.05) is 0 Å². The number of hydrogen-bond acceptors (Lipinski definition) is 12. The molecule has 1 aliphatic heterocycles. The van der Waals surface area contributed by atoms with Crippen LogP contribution in [-0.2, 0) is 42.9 Å². The van der Waals surface area contributed by atoms with E-state index >= 15 is 0 Å². The number of methoxy groups -OCH3 is 2. The van der Waals surface area contributed by atoms with E-state index in [4.69, 9.17) is 33.2 Å². The lowest BCUT2D eigenvalue weighted by molar-refractivity contribution is -0.282. The molecule has 0 saturated carbocycles. The molecule has 0 radical (unpaired) electrons. The van der Waals surface area contributed by atoms with Gasteiger partial charge < -0.3 is 33.2 Å². The third kappa shape index (κ3) is 6.42. The summed E-state index contributed by atoms with van der Waals surface area (Å²) in [6.45, 7) is 3.25. The van der Waals surface area contributed by atoms with Gasteiger partial charge in [0, 0.05) is 26.8 Å². The lowest BCUT2D eigenvalue weighted by atomic mass is 9.97. The fourth-order valence-electron chi connectivity index (χ4n) is 3.17. The van der Waals surface area contributed by atoms with E-state index in [9.17, 15) is 24.0 Å². The van der Waals surface area contributed by atoms with E-state index in [1.807, 2.05) is 0 Å². The highest BCUT2D eigenvalue weighted by molar-refractivity contribution is 5.80. The Morgan fingerprint density at radius 2 is 1.45 bits per heavy atom. The van der Waals surface area contributed by atoms with Crippen LogP contribution >= 0.6 is 0 Å². The monoisotopic (exact) mass is 468 g/mol.